The molecule has 0 rings (SSSR count). The first-order chi connectivity index (χ1) is 8.02. The Labute approximate surface area is 103 Å². The van der Waals surface area contributed by atoms with Gasteiger partial charge in [0.1, 0.15) is 5.60 Å². The van der Waals surface area contributed by atoms with E-state index < -0.39 is 11.6 Å². The van der Waals surface area contributed by atoms with Crippen LogP contribution in [0.3, 0.4) is 0 Å². The molecule has 0 amide bonds. The number of hydrogen-bond donors (Lipinski definition) is 1. The Morgan fingerprint density at radius 3 is 2.53 bits per heavy atom. The summed E-state index contributed by atoms with van der Waals surface area (Å²) >= 11 is 0. The minimum atomic E-state index is -0.452. The van der Waals surface area contributed by atoms with Crippen molar-refractivity contribution in [2.45, 2.75) is 64.9 Å². The lowest BCUT2D eigenvalue weighted by Gasteiger charge is -2.20. The standard InChI is InChI=1S/C12H24O5/c1-4-9-12(2,3)16-17-15-11(14)8-6-5-7-10-13/h13H,4-10H2,1-3H3. The summed E-state index contributed by atoms with van der Waals surface area (Å²) in [6, 6.07) is 0. The normalized spacial score (nSPS) is 11.5. The van der Waals surface area contributed by atoms with Crippen molar-refractivity contribution < 1.29 is 24.7 Å². The summed E-state index contributed by atoms with van der Waals surface area (Å²) in [6.07, 6.45) is 4.24. The molecule has 0 spiro atoms. The maximum absolute atomic E-state index is 11.2. The van der Waals surface area contributed by atoms with E-state index in [-0.39, 0.29) is 13.0 Å². The molecule has 0 saturated carbocycles. The molecule has 0 radical (unpaired) electrons. The number of rotatable bonds is 10. The van der Waals surface area contributed by atoms with E-state index in [1.54, 1.807) is 0 Å². The summed E-state index contributed by atoms with van der Waals surface area (Å²) in [5, 5.41) is 13.0. The molecule has 5 heteroatoms. The Hall–Kier alpha value is -0.650. The fourth-order valence-corrected chi connectivity index (χ4v) is 1.39. The molecule has 5 nitrogen and oxygen atoms in total. The average Bonchev–Trinajstić information content (AvgIpc) is 2.24. The van der Waals surface area contributed by atoms with Crippen LogP contribution in [0.1, 0.15) is 59.3 Å². The fourth-order valence-electron chi connectivity index (χ4n) is 1.39. The van der Waals surface area contributed by atoms with Gasteiger partial charge in [0, 0.05) is 13.0 Å². The second-order valence-electron chi connectivity index (χ2n) is 4.65. The van der Waals surface area contributed by atoms with E-state index in [0.717, 1.165) is 19.3 Å². The zero-order chi connectivity index (χ0) is 13.1. The van der Waals surface area contributed by atoms with Crippen LogP contribution >= 0.6 is 0 Å². The van der Waals surface area contributed by atoms with Crippen LogP contribution in [0.5, 0.6) is 0 Å². The van der Waals surface area contributed by atoms with Crippen LogP contribution in [0.2, 0.25) is 0 Å². The Bertz CT molecular complexity index is 203. The molecule has 1 N–H and O–H groups in total. The number of unbranched alkanes of at least 4 members (excludes halogenated alkanes) is 2. The van der Waals surface area contributed by atoms with Crippen molar-refractivity contribution in [1.29, 1.82) is 0 Å². The van der Waals surface area contributed by atoms with Crippen LogP contribution in [0, 0.1) is 0 Å². The first-order valence-electron chi connectivity index (χ1n) is 6.18. The third-order valence-corrected chi connectivity index (χ3v) is 2.28. The van der Waals surface area contributed by atoms with Crippen LogP contribution in [0.15, 0.2) is 0 Å². The molecule has 17 heavy (non-hydrogen) atoms. The number of aliphatic hydroxyl groups is 1. The van der Waals surface area contributed by atoms with Gasteiger partial charge in [-0.3, -0.25) is 4.89 Å². The highest BCUT2D eigenvalue weighted by Gasteiger charge is 2.20. The lowest BCUT2D eigenvalue weighted by atomic mass is 10.0. The van der Waals surface area contributed by atoms with E-state index in [4.69, 9.17) is 9.99 Å². The maximum Gasteiger partial charge on any atom is 0.345 e. The average molecular weight is 248 g/mol. The molecular formula is C12H24O5. The Balaban J connectivity index is 3.50. The summed E-state index contributed by atoms with van der Waals surface area (Å²) in [4.78, 5) is 20.6. The van der Waals surface area contributed by atoms with Crippen LogP contribution in [-0.2, 0) is 19.6 Å². The molecule has 0 aromatic carbocycles. The van der Waals surface area contributed by atoms with Gasteiger partial charge in [-0.05, 0) is 38.1 Å². The van der Waals surface area contributed by atoms with E-state index in [1.807, 2.05) is 20.8 Å². The predicted molar refractivity (Wildman–Crippen MR) is 62.8 cm³/mol. The second kappa shape index (κ2) is 9.39. The highest BCUT2D eigenvalue weighted by Crippen LogP contribution is 2.16. The summed E-state index contributed by atoms with van der Waals surface area (Å²) in [5.74, 6) is -0.449. The molecule has 102 valence electrons. The van der Waals surface area contributed by atoms with E-state index in [1.165, 1.54) is 0 Å². The summed E-state index contributed by atoms with van der Waals surface area (Å²) < 4.78 is 0. The zero-order valence-corrected chi connectivity index (χ0v) is 11.0. The number of carbonyl (C=O) groups excluding carboxylic acids is 1. The van der Waals surface area contributed by atoms with Gasteiger partial charge in [-0.1, -0.05) is 19.8 Å². The number of aliphatic hydroxyl groups excluding tert-OH is 1. The lowest BCUT2D eigenvalue weighted by Crippen LogP contribution is -2.25. The molecular weight excluding hydrogens is 224 g/mol. The van der Waals surface area contributed by atoms with E-state index in [2.05, 4.69) is 9.93 Å². The molecule has 0 saturated heterocycles. The molecule has 0 aliphatic heterocycles. The van der Waals surface area contributed by atoms with E-state index in [9.17, 15) is 4.79 Å². The van der Waals surface area contributed by atoms with Crippen molar-refractivity contribution in [2.24, 2.45) is 0 Å². The smallest absolute Gasteiger partial charge is 0.345 e. The van der Waals surface area contributed by atoms with Gasteiger partial charge < -0.3 is 5.11 Å². The van der Waals surface area contributed by atoms with Crippen molar-refractivity contribution in [2.75, 3.05) is 6.61 Å². The van der Waals surface area contributed by atoms with Gasteiger partial charge in [0.2, 0.25) is 0 Å². The van der Waals surface area contributed by atoms with Gasteiger partial charge in [0.05, 0.1) is 0 Å². The molecule has 0 heterocycles. The summed E-state index contributed by atoms with van der Waals surface area (Å²) in [6.45, 7) is 5.93. The quantitative estimate of drug-likeness (QED) is 0.365. The Morgan fingerprint density at radius 2 is 1.94 bits per heavy atom. The second-order valence-corrected chi connectivity index (χ2v) is 4.65. The Kier molecular flexibility index (Phi) is 9.03. The molecule has 0 aromatic rings. The van der Waals surface area contributed by atoms with E-state index in [0.29, 0.717) is 12.8 Å². The fraction of sp³-hybridized carbons (Fsp3) is 0.917. The summed E-state index contributed by atoms with van der Waals surface area (Å²) in [5.41, 5.74) is -0.452. The van der Waals surface area contributed by atoms with Gasteiger partial charge in [-0.2, -0.15) is 4.89 Å². The zero-order valence-electron chi connectivity index (χ0n) is 11.0. The van der Waals surface area contributed by atoms with Gasteiger partial charge in [0.25, 0.3) is 0 Å². The van der Waals surface area contributed by atoms with Crippen molar-refractivity contribution in [3.05, 3.63) is 0 Å². The lowest BCUT2D eigenvalue weighted by molar-refractivity contribution is -0.517. The monoisotopic (exact) mass is 248 g/mol. The van der Waals surface area contributed by atoms with Crippen LogP contribution < -0.4 is 0 Å². The van der Waals surface area contributed by atoms with Gasteiger partial charge in [-0.25, -0.2) is 4.79 Å². The minimum absolute atomic E-state index is 0.153. The predicted octanol–water partition coefficient (Wildman–Crippen LogP) is 2.52. The molecule has 0 aliphatic carbocycles. The first kappa shape index (κ1) is 16.4. The first-order valence-corrected chi connectivity index (χ1v) is 6.18. The molecule has 0 bridgehead atoms. The molecule has 0 aliphatic rings. The van der Waals surface area contributed by atoms with Crippen LogP contribution in [0.25, 0.3) is 0 Å². The van der Waals surface area contributed by atoms with Crippen molar-refractivity contribution in [3.8, 4) is 0 Å². The van der Waals surface area contributed by atoms with Crippen molar-refractivity contribution >= 4 is 5.97 Å². The largest absolute Gasteiger partial charge is 0.396 e. The number of hydrogen-bond acceptors (Lipinski definition) is 5. The number of carbonyl (C=O) groups is 1. The molecule has 0 unspecified atom stereocenters. The highest BCUT2D eigenvalue weighted by atomic mass is 17.5. The van der Waals surface area contributed by atoms with Crippen LogP contribution in [0.4, 0.5) is 0 Å². The SMILES string of the molecule is CCCC(C)(C)OOOC(=O)CCCCCO. The van der Waals surface area contributed by atoms with Crippen molar-refractivity contribution in [3.63, 3.8) is 0 Å². The molecule has 0 atom stereocenters. The van der Waals surface area contributed by atoms with Gasteiger partial charge >= 0.3 is 5.97 Å². The Morgan fingerprint density at radius 1 is 1.24 bits per heavy atom. The van der Waals surface area contributed by atoms with E-state index >= 15 is 0 Å². The maximum atomic E-state index is 11.2. The third kappa shape index (κ3) is 10.2. The minimum Gasteiger partial charge on any atom is -0.396 e. The van der Waals surface area contributed by atoms with Crippen molar-refractivity contribution in [1.82, 2.24) is 0 Å². The third-order valence-electron chi connectivity index (χ3n) is 2.28. The van der Waals surface area contributed by atoms with Gasteiger partial charge in [-0.15, -0.1) is 0 Å². The summed E-state index contributed by atoms with van der Waals surface area (Å²) in [7, 11) is 0. The van der Waals surface area contributed by atoms with Crippen LogP contribution in [-0.4, -0.2) is 23.3 Å². The topological polar surface area (TPSA) is 65.0 Å². The molecule has 0 aromatic heterocycles. The van der Waals surface area contributed by atoms with Gasteiger partial charge in [0.15, 0.2) is 0 Å². The highest BCUT2D eigenvalue weighted by molar-refractivity contribution is 5.68. The molecule has 0 fully saturated rings.